The third kappa shape index (κ3) is 13.5. The highest BCUT2D eigenvalue weighted by Gasteiger charge is 2.57. The maximum Gasteiger partial charge on any atom is 0.509 e. The van der Waals surface area contributed by atoms with Crippen LogP contribution in [0.5, 0.6) is 0 Å². The number of allylic oxidation sites excluding steroid dienone is 1. The molecule has 0 radical (unpaired) electrons. The van der Waals surface area contributed by atoms with Gasteiger partial charge in [-0.15, -0.1) is 0 Å². The van der Waals surface area contributed by atoms with Gasteiger partial charge in [0.25, 0.3) is 0 Å². The number of likely N-dealkylation sites (N-methyl/N-ethyl adjacent to an activating group) is 1. The number of fused-ring (bicyclic) bond motifs is 2. The average Bonchev–Trinajstić information content (AvgIpc) is 3.66. The predicted molar refractivity (Wildman–Crippen MR) is 271 cm³/mol. The van der Waals surface area contributed by atoms with Crippen molar-refractivity contribution in [1.29, 1.82) is 0 Å². The molecule has 2 aromatic rings. The zero-order valence-electron chi connectivity index (χ0n) is 45.5. The number of ether oxygens (including phenoxy) is 10. The molecule has 18 heteroatoms. The lowest BCUT2D eigenvalue weighted by molar-refractivity contribution is -0.315. The van der Waals surface area contributed by atoms with Gasteiger partial charge in [-0.1, -0.05) is 74.5 Å². The molecule has 2 bridgehead atoms. The number of esters is 1. The molecule has 2 aromatic carbocycles. The minimum absolute atomic E-state index is 0.00624. The van der Waals surface area contributed by atoms with E-state index in [0.717, 1.165) is 16.7 Å². The van der Waals surface area contributed by atoms with Crippen molar-refractivity contribution in [2.75, 3.05) is 14.2 Å². The van der Waals surface area contributed by atoms with E-state index in [-0.39, 0.29) is 38.9 Å². The fourth-order valence-electron chi connectivity index (χ4n) is 11.0. The van der Waals surface area contributed by atoms with E-state index >= 15 is 0 Å². The summed E-state index contributed by atoms with van der Waals surface area (Å²) in [7, 11) is 1.08. The number of carbonyl (C=O) groups excluding carboxylic acids is 4. The molecule has 4 aliphatic heterocycles. The number of hydrogen-bond donors (Lipinski definition) is 1. The van der Waals surface area contributed by atoms with Crippen molar-refractivity contribution in [2.24, 2.45) is 17.8 Å². The molecule has 0 saturated carbocycles. The van der Waals surface area contributed by atoms with Gasteiger partial charge in [0.2, 0.25) is 0 Å². The minimum atomic E-state index is -2.11. The minimum Gasteiger partial charge on any atom is -0.488 e. The fraction of sp³-hybridized carbons (Fsp3) is 0.673. The number of Topliss-reactive ketones (excluding diaryl/α,β-unsaturated/α-hetero) is 1. The maximum absolute atomic E-state index is 14.7. The second-order valence-corrected chi connectivity index (χ2v) is 26.6. The molecule has 3 fully saturated rings. The van der Waals surface area contributed by atoms with Crippen LogP contribution < -0.4 is 0 Å². The Morgan fingerprint density at radius 2 is 1.45 bits per heavy atom. The van der Waals surface area contributed by atoms with Crippen LogP contribution in [0.4, 0.5) is 9.59 Å². The number of cyclic esters (lactones) is 1. The predicted octanol–water partition coefficient (Wildman–Crippen LogP) is 9.03. The van der Waals surface area contributed by atoms with Crippen LogP contribution in [0.15, 0.2) is 72.0 Å². The molecule has 73 heavy (non-hydrogen) atoms. The van der Waals surface area contributed by atoms with Gasteiger partial charge in [-0.05, 0) is 105 Å². The standard InChI is InChI=1S/C55H81NO16Si/c1-16-41-55(10,61)46(57)34(4)43-32(2)28-54(9,71-43)47(35(5)44(36(6)49(58)67-41)68-42-29-53(8,62-12)48(37(7)66-42)72-73(13,14)15)70-50-45(69-52(60)64-31-39-25-21-18-22-26-39)40(27-33(3)65-50)56(11)51(59)63-30-38-23-19-17-20-24-38/h17-26,33-37,40-42,44-45,47-48,50,61H,16,27-31H2,1-15H3/t33?,34-,35?,36?,37?,40?,41?,42-,44?,45+,47+,48-,50?,53+,54-,55+/m0/s1. The number of methoxy groups -OCH3 is 1. The van der Waals surface area contributed by atoms with Gasteiger partial charge in [-0.2, -0.15) is 0 Å². The summed E-state index contributed by atoms with van der Waals surface area (Å²) < 4.78 is 71.2. The van der Waals surface area contributed by atoms with Crippen molar-refractivity contribution >= 4 is 32.3 Å². The van der Waals surface area contributed by atoms with Gasteiger partial charge >= 0.3 is 18.2 Å². The van der Waals surface area contributed by atoms with Crippen molar-refractivity contribution in [1.82, 2.24) is 4.90 Å². The van der Waals surface area contributed by atoms with Gasteiger partial charge in [0.15, 0.2) is 38.4 Å². The molecule has 3 saturated heterocycles. The summed E-state index contributed by atoms with van der Waals surface area (Å²) in [4.78, 5) is 58.3. The van der Waals surface area contributed by atoms with Crippen LogP contribution >= 0.6 is 0 Å². The summed E-state index contributed by atoms with van der Waals surface area (Å²) in [6.07, 6.45) is -9.49. The molecule has 4 heterocycles. The normalized spacial score (nSPS) is 36.4. The first kappa shape index (κ1) is 57.9. The van der Waals surface area contributed by atoms with Gasteiger partial charge in [0.05, 0.1) is 47.9 Å². The fourth-order valence-corrected chi connectivity index (χ4v) is 12.2. The number of carbonyl (C=O) groups is 4. The van der Waals surface area contributed by atoms with E-state index in [1.807, 2.05) is 102 Å². The first-order valence-electron chi connectivity index (χ1n) is 25.7. The first-order chi connectivity index (χ1) is 34.2. The third-order valence-corrected chi connectivity index (χ3v) is 15.9. The van der Waals surface area contributed by atoms with Gasteiger partial charge in [0, 0.05) is 32.9 Å². The molecule has 0 aliphatic carbocycles. The van der Waals surface area contributed by atoms with Crippen LogP contribution in [0.25, 0.3) is 0 Å². The molecular formula is C55H81NO16Si. The number of rotatable bonds is 14. The number of amides is 1. The van der Waals surface area contributed by atoms with Crippen molar-refractivity contribution in [2.45, 2.75) is 206 Å². The Balaban J connectivity index is 1.43. The molecular weight excluding hydrogens is 959 g/mol. The number of aliphatic hydroxyl groups is 1. The highest BCUT2D eigenvalue weighted by Crippen LogP contribution is 2.47. The zero-order chi connectivity index (χ0) is 53.8. The molecule has 0 aromatic heterocycles. The Labute approximate surface area is 432 Å². The molecule has 1 amide bonds. The van der Waals surface area contributed by atoms with E-state index in [1.165, 1.54) is 11.8 Å². The highest BCUT2D eigenvalue weighted by molar-refractivity contribution is 6.69. The lowest BCUT2D eigenvalue weighted by atomic mass is 9.79. The van der Waals surface area contributed by atoms with E-state index in [0.29, 0.717) is 5.76 Å². The molecule has 17 nitrogen and oxygen atoms in total. The van der Waals surface area contributed by atoms with E-state index in [2.05, 4.69) is 19.6 Å². The van der Waals surface area contributed by atoms with Crippen LogP contribution in [0, 0.1) is 17.8 Å². The van der Waals surface area contributed by atoms with E-state index in [4.69, 9.17) is 51.8 Å². The van der Waals surface area contributed by atoms with Gasteiger partial charge in [-0.3, -0.25) is 9.59 Å². The van der Waals surface area contributed by atoms with Crippen LogP contribution in [0.1, 0.15) is 106 Å². The Kier molecular flexibility index (Phi) is 18.7. The summed E-state index contributed by atoms with van der Waals surface area (Å²) in [5.74, 6) is -3.84. The van der Waals surface area contributed by atoms with E-state index < -0.39 is 128 Å². The number of nitrogens with zero attached hydrogens (tertiary/aromatic N) is 1. The SMILES string of the molecule is CCC1OC(=O)C(C)C(O[C@H]2C[C@@](C)(OC)[C@@H](O[Si](C)(C)C)C(C)O2)C(C)[C@@H](OC2OC(C)CC(N(C)C(=O)OCc3ccccc3)[C@H]2OC(=O)OCc2ccccc2)[C@]2(C)CC(C)=C(O2)[C@H](C)C(=O)[C@]1(C)O. The van der Waals surface area contributed by atoms with Crippen LogP contribution in [-0.2, 0) is 74.6 Å². The van der Waals surface area contributed by atoms with Crippen LogP contribution in [0.2, 0.25) is 19.6 Å². The van der Waals surface area contributed by atoms with Crippen molar-refractivity contribution < 1.29 is 76.1 Å². The third-order valence-electron chi connectivity index (χ3n) is 14.9. The van der Waals surface area contributed by atoms with Crippen molar-refractivity contribution in [3.63, 3.8) is 0 Å². The molecule has 6 rings (SSSR count). The lowest BCUT2D eigenvalue weighted by Gasteiger charge is -2.50. The van der Waals surface area contributed by atoms with E-state index in [1.54, 1.807) is 34.9 Å². The Morgan fingerprint density at radius 3 is 2.03 bits per heavy atom. The summed E-state index contributed by atoms with van der Waals surface area (Å²) in [6.45, 7) is 23.9. The topological polar surface area (TPSA) is 193 Å². The van der Waals surface area contributed by atoms with Crippen molar-refractivity contribution in [3.05, 3.63) is 83.1 Å². The molecule has 1 N–H and O–H groups in total. The summed E-state index contributed by atoms with van der Waals surface area (Å²) in [6, 6.07) is 17.5. The molecule has 0 spiro atoms. The maximum atomic E-state index is 14.7. The summed E-state index contributed by atoms with van der Waals surface area (Å²) in [5, 5.41) is 12.0. The lowest BCUT2D eigenvalue weighted by Crippen LogP contribution is -2.62. The van der Waals surface area contributed by atoms with Gasteiger partial charge in [0.1, 0.15) is 36.8 Å². The molecule has 8 unspecified atom stereocenters. The van der Waals surface area contributed by atoms with Crippen LogP contribution in [0.3, 0.4) is 0 Å². The number of hydrogen-bond acceptors (Lipinski definition) is 16. The summed E-state index contributed by atoms with van der Waals surface area (Å²) in [5.41, 5.74) is -2.06. The number of benzene rings is 2. The molecule has 406 valence electrons. The van der Waals surface area contributed by atoms with Crippen molar-refractivity contribution in [3.8, 4) is 0 Å². The molecule has 16 atom stereocenters. The second-order valence-electron chi connectivity index (χ2n) is 22.1. The van der Waals surface area contributed by atoms with Gasteiger partial charge in [-0.25, -0.2) is 9.59 Å². The zero-order valence-corrected chi connectivity index (χ0v) is 46.5. The highest BCUT2D eigenvalue weighted by atomic mass is 28.4. The average molecular weight is 1040 g/mol. The quantitative estimate of drug-likeness (QED) is 0.107. The first-order valence-corrected chi connectivity index (χ1v) is 29.1. The molecule has 4 aliphatic rings. The smallest absolute Gasteiger partial charge is 0.488 e. The van der Waals surface area contributed by atoms with E-state index in [9.17, 15) is 24.3 Å². The number of ketones is 1. The second kappa shape index (κ2) is 23.6. The Bertz CT molecular complexity index is 2240. The monoisotopic (exact) mass is 1040 g/mol. The Morgan fingerprint density at radius 1 is 0.849 bits per heavy atom. The van der Waals surface area contributed by atoms with Gasteiger partial charge < -0.3 is 61.8 Å². The summed E-state index contributed by atoms with van der Waals surface area (Å²) >= 11 is 0. The largest absolute Gasteiger partial charge is 0.509 e. The Hall–Kier alpha value is -4.40. The van der Waals surface area contributed by atoms with Crippen LogP contribution in [-0.4, -0.2) is 135 Å².